The highest BCUT2D eigenvalue weighted by atomic mass is 16.5. The monoisotopic (exact) mass is 286 g/mol. The minimum absolute atomic E-state index is 0.166. The number of aromatic nitrogens is 3. The van der Waals surface area contributed by atoms with Crippen LogP contribution in [-0.4, -0.2) is 21.6 Å². The molecule has 0 radical (unpaired) electrons. The van der Waals surface area contributed by atoms with Crippen molar-refractivity contribution in [3.8, 4) is 5.88 Å². The van der Waals surface area contributed by atoms with E-state index in [-0.39, 0.29) is 5.41 Å². The Hall–Kier alpha value is -2.17. The lowest BCUT2D eigenvalue weighted by atomic mass is 9.95. The van der Waals surface area contributed by atoms with Gasteiger partial charge in [-0.05, 0) is 19.1 Å². The molecule has 0 aliphatic carbocycles. The summed E-state index contributed by atoms with van der Waals surface area (Å²) in [7, 11) is 0. The van der Waals surface area contributed by atoms with Crippen molar-refractivity contribution in [2.75, 3.05) is 12.3 Å². The molecule has 2 aromatic rings. The van der Waals surface area contributed by atoms with Crippen molar-refractivity contribution in [1.82, 2.24) is 15.0 Å². The van der Waals surface area contributed by atoms with Crippen LogP contribution >= 0.6 is 0 Å². The summed E-state index contributed by atoms with van der Waals surface area (Å²) in [6.45, 7) is 8.54. The van der Waals surface area contributed by atoms with Crippen molar-refractivity contribution in [1.29, 1.82) is 0 Å². The third-order valence-corrected chi connectivity index (χ3v) is 3.13. The van der Waals surface area contributed by atoms with Crippen LogP contribution in [-0.2, 0) is 11.8 Å². The average molecular weight is 286 g/mol. The van der Waals surface area contributed by atoms with Gasteiger partial charge in [0.15, 0.2) is 0 Å². The lowest BCUT2D eigenvalue weighted by molar-refractivity contribution is 0.302. The molecule has 5 heteroatoms. The molecule has 2 aromatic heterocycles. The second kappa shape index (κ2) is 6.08. The maximum atomic E-state index is 5.96. The smallest absolute Gasteiger partial charge is 0.221 e. The van der Waals surface area contributed by atoms with Crippen molar-refractivity contribution in [3.63, 3.8) is 0 Å². The van der Waals surface area contributed by atoms with Gasteiger partial charge >= 0.3 is 0 Å². The molecule has 0 aliphatic heterocycles. The predicted octanol–water partition coefficient (Wildman–Crippen LogP) is 2.68. The van der Waals surface area contributed by atoms with Crippen LogP contribution in [0.2, 0.25) is 0 Å². The van der Waals surface area contributed by atoms with Gasteiger partial charge in [0.1, 0.15) is 11.6 Å². The molecule has 2 rings (SSSR count). The van der Waals surface area contributed by atoms with Crippen molar-refractivity contribution in [2.24, 2.45) is 0 Å². The number of ether oxygens (including phenoxy) is 1. The zero-order valence-electron chi connectivity index (χ0n) is 13.1. The molecule has 2 N–H and O–H groups in total. The van der Waals surface area contributed by atoms with Gasteiger partial charge in [0.05, 0.1) is 12.2 Å². The van der Waals surface area contributed by atoms with Crippen LogP contribution in [0.4, 0.5) is 5.82 Å². The number of rotatable bonds is 4. The molecule has 0 bridgehead atoms. The average Bonchev–Trinajstić information content (AvgIpc) is 2.43. The molecule has 2 heterocycles. The molecule has 0 saturated heterocycles. The van der Waals surface area contributed by atoms with Crippen molar-refractivity contribution in [2.45, 2.75) is 39.5 Å². The van der Waals surface area contributed by atoms with Crippen molar-refractivity contribution >= 4 is 5.82 Å². The Labute approximate surface area is 125 Å². The first kappa shape index (κ1) is 15.2. The minimum atomic E-state index is -0.166. The van der Waals surface area contributed by atoms with E-state index in [4.69, 9.17) is 10.5 Å². The van der Waals surface area contributed by atoms with E-state index < -0.39 is 0 Å². The first-order chi connectivity index (χ1) is 9.88. The summed E-state index contributed by atoms with van der Waals surface area (Å²) in [4.78, 5) is 13.1. The normalized spacial score (nSPS) is 11.4. The highest BCUT2D eigenvalue weighted by Crippen LogP contribution is 2.26. The predicted molar refractivity (Wildman–Crippen MR) is 83.3 cm³/mol. The Balaban J connectivity index is 2.11. The van der Waals surface area contributed by atoms with E-state index in [2.05, 4.69) is 35.7 Å². The van der Waals surface area contributed by atoms with Gasteiger partial charge in [0.2, 0.25) is 5.88 Å². The summed E-state index contributed by atoms with van der Waals surface area (Å²) in [5.41, 5.74) is 7.57. The zero-order chi connectivity index (χ0) is 15.5. The molecular formula is C16H22N4O. The van der Waals surface area contributed by atoms with Crippen LogP contribution in [0.1, 0.15) is 37.9 Å². The Morgan fingerprint density at radius 1 is 1.19 bits per heavy atom. The molecule has 0 aliphatic rings. The van der Waals surface area contributed by atoms with Crippen molar-refractivity contribution < 1.29 is 4.74 Å². The van der Waals surface area contributed by atoms with E-state index in [0.717, 1.165) is 17.7 Å². The number of nitrogen functional groups attached to an aromatic ring is 1. The van der Waals surface area contributed by atoms with Crippen LogP contribution in [0, 0.1) is 6.92 Å². The van der Waals surface area contributed by atoms with E-state index in [1.54, 1.807) is 6.20 Å². The fourth-order valence-corrected chi connectivity index (χ4v) is 1.79. The molecule has 0 unspecified atom stereocenters. The zero-order valence-corrected chi connectivity index (χ0v) is 13.1. The molecule has 112 valence electrons. The molecule has 0 fully saturated rings. The standard InChI is InChI=1S/C16H22N4O/c1-11-13(17)19-15(16(2,3)4)20-14(11)21-10-8-12-7-5-6-9-18-12/h5-7,9H,8,10H2,1-4H3,(H2,17,19,20). The largest absolute Gasteiger partial charge is 0.477 e. The molecule has 0 aromatic carbocycles. The third kappa shape index (κ3) is 3.90. The Kier molecular flexibility index (Phi) is 4.40. The van der Waals surface area contributed by atoms with Gasteiger partial charge in [0, 0.05) is 23.7 Å². The first-order valence-electron chi connectivity index (χ1n) is 7.05. The topological polar surface area (TPSA) is 73.9 Å². The highest BCUT2D eigenvalue weighted by molar-refractivity contribution is 5.45. The molecule has 0 atom stereocenters. The summed E-state index contributed by atoms with van der Waals surface area (Å²) in [5, 5.41) is 0. The summed E-state index contributed by atoms with van der Waals surface area (Å²) in [6.07, 6.45) is 2.51. The summed E-state index contributed by atoms with van der Waals surface area (Å²) in [5.74, 6) is 1.73. The minimum Gasteiger partial charge on any atom is -0.477 e. The second-order valence-corrected chi connectivity index (χ2v) is 6.03. The number of hydrogen-bond acceptors (Lipinski definition) is 5. The number of pyridine rings is 1. The van der Waals surface area contributed by atoms with E-state index >= 15 is 0 Å². The summed E-state index contributed by atoms with van der Waals surface area (Å²) in [6, 6.07) is 5.84. The maximum Gasteiger partial charge on any atom is 0.221 e. The first-order valence-corrected chi connectivity index (χ1v) is 7.05. The van der Waals surface area contributed by atoms with E-state index in [0.29, 0.717) is 24.1 Å². The van der Waals surface area contributed by atoms with E-state index in [1.165, 1.54) is 0 Å². The number of anilines is 1. The van der Waals surface area contributed by atoms with Gasteiger partial charge < -0.3 is 10.5 Å². The van der Waals surface area contributed by atoms with Crippen LogP contribution in [0.5, 0.6) is 5.88 Å². The highest BCUT2D eigenvalue weighted by Gasteiger charge is 2.20. The van der Waals surface area contributed by atoms with E-state index in [1.807, 2.05) is 25.1 Å². The van der Waals surface area contributed by atoms with Gasteiger partial charge in [-0.1, -0.05) is 26.8 Å². The van der Waals surface area contributed by atoms with Gasteiger partial charge in [0.25, 0.3) is 0 Å². The van der Waals surface area contributed by atoms with Crippen LogP contribution < -0.4 is 10.5 Å². The van der Waals surface area contributed by atoms with Gasteiger partial charge in [-0.3, -0.25) is 4.98 Å². The number of hydrogen-bond donors (Lipinski definition) is 1. The lowest BCUT2D eigenvalue weighted by Crippen LogP contribution is -2.19. The number of nitrogens with zero attached hydrogens (tertiary/aromatic N) is 3. The Morgan fingerprint density at radius 2 is 1.95 bits per heavy atom. The van der Waals surface area contributed by atoms with Crippen molar-refractivity contribution in [3.05, 3.63) is 41.5 Å². The SMILES string of the molecule is Cc1c(N)nc(C(C)(C)C)nc1OCCc1ccccn1. The quantitative estimate of drug-likeness (QED) is 0.935. The maximum absolute atomic E-state index is 5.96. The summed E-state index contributed by atoms with van der Waals surface area (Å²) < 4.78 is 5.79. The molecule has 0 saturated carbocycles. The third-order valence-electron chi connectivity index (χ3n) is 3.13. The fourth-order valence-electron chi connectivity index (χ4n) is 1.79. The molecule has 21 heavy (non-hydrogen) atoms. The number of nitrogens with two attached hydrogens (primary N) is 1. The molecule has 5 nitrogen and oxygen atoms in total. The molecular weight excluding hydrogens is 264 g/mol. The van der Waals surface area contributed by atoms with Gasteiger partial charge in [-0.15, -0.1) is 0 Å². The Morgan fingerprint density at radius 3 is 2.57 bits per heavy atom. The van der Waals surface area contributed by atoms with Crippen LogP contribution in [0.15, 0.2) is 24.4 Å². The van der Waals surface area contributed by atoms with Gasteiger partial charge in [-0.25, -0.2) is 4.98 Å². The van der Waals surface area contributed by atoms with Crippen LogP contribution in [0.3, 0.4) is 0 Å². The molecule has 0 amide bonds. The van der Waals surface area contributed by atoms with E-state index in [9.17, 15) is 0 Å². The Bertz CT molecular complexity index is 606. The summed E-state index contributed by atoms with van der Waals surface area (Å²) >= 11 is 0. The van der Waals surface area contributed by atoms with Gasteiger partial charge in [-0.2, -0.15) is 4.98 Å². The van der Waals surface area contributed by atoms with Crippen LogP contribution in [0.25, 0.3) is 0 Å². The lowest BCUT2D eigenvalue weighted by Gasteiger charge is -2.19. The molecule has 0 spiro atoms. The second-order valence-electron chi connectivity index (χ2n) is 6.03. The fraction of sp³-hybridized carbons (Fsp3) is 0.438.